The second kappa shape index (κ2) is 9.22. The summed E-state index contributed by atoms with van der Waals surface area (Å²) in [6.45, 7) is 7.10. The zero-order chi connectivity index (χ0) is 22.8. The summed E-state index contributed by atoms with van der Waals surface area (Å²) in [6, 6.07) is 15.6. The normalized spacial score (nSPS) is 20.9. The molecule has 2 aromatic carbocycles. The third-order valence-electron chi connectivity index (χ3n) is 6.78. The van der Waals surface area contributed by atoms with Crippen LogP contribution in [0.5, 0.6) is 5.75 Å². The minimum absolute atomic E-state index is 0.289. The van der Waals surface area contributed by atoms with Gasteiger partial charge in [-0.25, -0.2) is 14.8 Å². The zero-order valence-electron chi connectivity index (χ0n) is 19.1. The number of fused-ring (bicyclic) bond motifs is 1. The molecular weight excluding hydrogens is 414 g/mol. The van der Waals surface area contributed by atoms with Crippen LogP contribution < -0.4 is 9.64 Å². The Morgan fingerprint density at radius 2 is 1.55 bits per heavy atom. The van der Waals surface area contributed by atoms with Gasteiger partial charge >= 0.3 is 5.97 Å². The number of rotatable bonds is 8. The first-order valence-corrected chi connectivity index (χ1v) is 11.7. The third-order valence-corrected chi connectivity index (χ3v) is 6.78. The lowest BCUT2D eigenvalue weighted by atomic mass is 10.0. The van der Waals surface area contributed by atoms with Crippen molar-refractivity contribution in [3.63, 3.8) is 0 Å². The number of ether oxygens (including phenoxy) is 2. The lowest BCUT2D eigenvalue weighted by Gasteiger charge is -2.19. The molecule has 1 aromatic heterocycles. The maximum atomic E-state index is 11.8. The van der Waals surface area contributed by atoms with Crippen molar-refractivity contribution in [3.05, 3.63) is 72.1 Å². The number of benzene rings is 2. The number of aryl methyl sites for hydroxylation is 1. The van der Waals surface area contributed by atoms with Gasteiger partial charge in [0, 0.05) is 31.4 Å². The molecule has 2 aliphatic rings. The lowest BCUT2D eigenvalue weighted by Crippen LogP contribution is -2.27. The number of esters is 1. The van der Waals surface area contributed by atoms with E-state index in [1.54, 1.807) is 12.1 Å². The Morgan fingerprint density at radius 1 is 0.939 bits per heavy atom. The van der Waals surface area contributed by atoms with E-state index in [0.29, 0.717) is 29.9 Å². The maximum Gasteiger partial charge on any atom is 0.338 e. The van der Waals surface area contributed by atoms with E-state index in [-0.39, 0.29) is 5.97 Å². The fraction of sp³-hybridized carbons (Fsp3) is 0.370. The minimum Gasteiger partial charge on any atom is -0.493 e. The minimum atomic E-state index is -0.289. The summed E-state index contributed by atoms with van der Waals surface area (Å²) in [5, 5.41) is 0. The van der Waals surface area contributed by atoms with Crippen LogP contribution in [0, 0.1) is 17.8 Å². The van der Waals surface area contributed by atoms with E-state index in [4.69, 9.17) is 9.47 Å². The van der Waals surface area contributed by atoms with Gasteiger partial charge in [-0.3, -0.25) is 0 Å². The van der Waals surface area contributed by atoms with Crippen molar-refractivity contribution in [3.8, 4) is 16.9 Å². The molecule has 1 aliphatic carbocycles. The molecule has 1 aliphatic heterocycles. The summed E-state index contributed by atoms with van der Waals surface area (Å²) < 4.78 is 11.1. The Morgan fingerprint density at radius 3 is 2.12 bits per heavy atom. The van der Waals surface area contributed by atoms with Crippen LogP contribution in [0.4, 0.5) is 5.95 Å². The average molecular weight is 444 g/mol. The van der Waals surface area contributed by atoms with Gasteiger partial charge in [0.05, 0.1) is 18.8 Å². The molecule has 0 spiro atoms. The largest absolute Gasteiger partial charge is 0.493 e. The number of hydrogen-bond donors (Lipinski definition) is 0. The smallest absolute Gasteiger partial charge is 0.338 e. The molecule has 3 aromatic rings. The van der Waals surface area contributed by atoms with Gasteiger partial charge in [-0.15, -0.1) is 0 Å². The van der Waals surface area contributed by atoms with Crippen molar-refractivity contribution in [2.45, 2.75) is 20.3 Å². The lowest BCUT2D eigenvalue weighted by molar-refractivity contribution is 0.0526. The highest BCUT2D eigenvalue weighted by Gasteiger charge is 2.56. The molecule has 3 atom stereocenters. The Labute approximate surface area is 194 Å². The van der Waals surface area contributed by atoms with Gasteiger partial charge in [-0.1, -0.05) is 31.2 Å². The van der Waals surface area contributed by atoms with Crippen molar-refractivity contribution in [2.75, 3.05) is 31.2 Å². The second-order valence-electron chi connectivity index (χ2n) is 8.77. The first-order chi connectivity index (χ1) is 16.2. The SMILES string of the molecule is CCOC(=O)c1ccc(-c2ccc(OCC3[C@H]4CN(c5ncc(CC)cn5)C[C@@H]34)cc2)cc1. The second-order valence-corrected chi connectivity index (χ2v) is 8.77. The van der Waals surface area contributed by atoms with Crippen molar-refractivity contribution in [2.24, 2.45) is 17.8 Å². The van der Waals surface area contributed by atoms with Gasteiger partial charge in [0.15, 0.2) is 0 Å². The number of anilines is 1. The van der Waals surface area contributed by atoms with E-state index < -0.39 is 0 Å². The van der Waals surface area contributed by atoms with E-state index in [0.717, 1.165) is 48.9 Å². The first-order valence-electron chi connectivity index (χ1n) is 11.7. The quantitative estimate of drug-likeness (QED) is 0.473. The van der Waals surface area contributed by atoms with Gasteiger partial charge in [-0.05, 0) is 66.1 Å². The summed E-state index contributed by atoms with van der Waals surface area (Å²) in [5.74, 6) is 3.43. The molecule has 1 saturated carbocycles. The highest BCUT2D eigenvalue weighted by molar-refractivity contribution is 5.90. The molecule has 6 nitrogen and oxygen atoms in total. The topological polar surface area (TPSA) is 64.6 Å². The van der Waals surface area contributed by atoms with E-state index >= 15 is 0 Å². The molecule has 2 fully saturated rings. The van der Waals surface area contributed by atoms with E-state index in [1.165, 1.54) is 5.56 Å². The predicted octanol–water partition coefficient (Wildman–Crippen LogP) is 4.64. The molecule has 1 unspecified atom stereocenters. The number of carbonyl (C=O) groups excluding carboxylic acids is 1. The molecular formula is C27H29N3O3. The molecule has 33 heavy (non-hydrogen) atoms. The van der Waals surface area contributed by atoms with Crippen molar-refractivity contribution in [1.29, 1.82) is 0 Å². The summed E-state index contributed by atoms with van der Waals surface area (Å²) in [5.41, 5.74) is 3.89. The summed E-state index contributed by atoms with van der Waals surface area (Å²) >= 11 is 0. The van der Waals surface area contributed by atoms with Gasteiger partial charge in [0.2, 0.25) is 5.95 Å². The summed E-state index contributed by atoms with van der Waals surface area (Å²) in [7, 11) is 0. The number of hydrogen-bond acceptors (Lipinski definition) is 6. The van der Waals surface area contributed by atoms with Crippen molar-refractivity contribution in [1.82, 2.24) is 9.97 Å². The number of carbonyl (C=O) groups is 1. The average Bonchev–Trinajstić information content (AvgIpc) is 3.31. The number of nitrogens with zero attached hydrogens (tertiary/aromatic N) is 3. The Balaban J connectivity index is 1.11. The molecule has 5 rings (SSSR count). The standard InChI is InChI=1S/C27H29N3O3/c1-3-18-13-28-27(29-14-18)30-15-23-24(16-30)25(23)17-33-22-11-9-20(10-12-22)19-5-7-21(8-6-19)26(31)32-4-2/h5-14,23-25H,3-4,15-17H2,1-2H3/t23-,24+,25?. The van der Waals surface area contributed by atoms with Crippen LogP contribution in [-0.2, 0) is 11.2 Å². The van der Waals surface area contributed by atoms with E-state index in [2.05, 4.69) is 33.9 Å². The van der Waals surface area contributed by atoms with E-state index in [1.807, 2.05) is 43.6 Å². The monoisotopic (exact) mass is 443 g/mol. The zero-order valence-corrected chi connectivity index (χ0v) is 19.1. The molecule has 2 heterocycles. The molecule has 170 valence electrons. The van der Waals surface area contributed by atoms with Crippen LogP contribution in [0.3, 0.4) is 0 Å². The molecule has 0 bridgehead atoms. The summed E-state index contributed by atoms with van der Waals surface area (Å²) in [4.78, 5) is 23.1. The fourth-order valence-corrected chi connectivity index (χ4v) is 4.70. The molecule has 6 heteroatoms. The highest BCUT2D eigenvalue weighted by Crippen LogP contribution is 2.52. The van der Waals surface area contributed by atoms with Gasteiger partial charge in [0.1, 0.15) is 5.75 Å². The fourth-order valence-electron chi connectivity index (χ4n) is 4.70. The Kier molecular flexibility index (Phi) is 5.99. The maximum absolute atomic E-state index is 11.8. The van der Waals surface area contributed by atoms with E-state index in [9.17, 15) is 4.79 Å². The van der Waals surface area contributed by atoms with Gasteiger partial charge < -0.3 is 14.4 Å². The van der Waals surface area contributed by atoms with Crippen molar-refractivity contribution >= 4 is 11.9 Å². The molecule has 1 saturated heterocycles. The molecule has 0 N–H and O–H groups in total. The Bertz CT molecular complexity index is 1080. The van der Waals surface area contributed by atoms with Crippen LogP contribution in [0.1, 0.15) is 29.8 Å². The first kappa shape index (κ1) is 21.4. The van der Waals surface area contributed by atoms with Crippen LogP contribution in [0.2, 0.25) is 0 Å². The van der Waals surface area contributed by atoms with Gasteiger partial charge in [-0.2, -0.15) is 0 Å². The van der Waals surface area contributed by atoms with Crippen LogP contribution >= 0.6 is 0 Å². The van der Waals surface area contributed by atoms with Crippen LogP contribution in [0.15, 0.2) is 60.9 Å². The van der Waals surface area contributed by atoms with Crippen LogP contribution in [0.25, 0.3) is 11.1 Å². The number of piperidine rings is 1. The third kappa shape index (κ3) is 4.56. The molecule has 0 amide bonds. The molecule has 0 radical (unpaired) electrons. The number of aromatic nitrogens is 2. The van der Waals surface area contributed by atoms with Gasteiger partial charge in [0.25, 0.3) is 0 Å². The van der Waals surface area contributed by atoms with Crippen LogP contribution in [-0.4, -0.2) is 42.2 Å². The summed E-state index contributed by atoms with van der Waals surface area (Å²) in [6.07, 6.45) is 4.84. The van der Waals surface area contributed by atoms with Crippen molar-refractivity contribution < 1.29 is 14.3 Å². The predicted molar refractivity (Wildman–Crippen MR) is 127 cm³/mol. The highest BCUT2D eigenvalue weighted by atomic mass is 16.5. The Hall–Kier alpha value is -3.41.